The molecule has 2 aromatic carbocycles. The number of ether oxygens (including phenoxy) is 1. The van der Waals surface area contributed by atoms with Crippen LogP contribution in [0.1, 0.15) is 24.0 Å². The van der Waals surface area contributed by atoms with E-state index in [4.69, 9.17) is 4.74 Å². The highest BCUT2D eigenvalue weighted by Gasteiger charge is 2.19. The Morgan fingerprint density at radius 3 is 2.52 bits per heavy atom. The van der Waals surface area contributed by atoms with Crippen molar-refractivity contribution in [2.45, 2.75) is 37.2 Å². The van der Waals surface area contributed by atoms with E-state index in [2.05, 4.69) is 48.8 Å². The molecule has 0 heterocycles. The fraction of sp³-hybridized carbons (Fsp3) is 0.333. The van der Waals surface area contributed by atoms with Gasteiger partial charge in [-0.1, -0.05) is 12.1 Å². The maximum Gasteiger partial charge on any atom is 0.130 e. The molecule has 0 saturated heterocycles. The van der Waals surface area contributed by atoms with E-state index in [0.29, 0.717) is 0 Å². The molecule has 0 unspecified atom stereocenters. The van der Waals surface area contributed by atoms with Crippen molar-refractivity contribution in [3.05, 3.63) is 53.6 Å². The van der Waals surface area contributed by atoms with Crippen LogP contribution < -0.4 is 10.1 Å². The Bertz CT molecular complexity index is 605. The van der Waals surface area contributed by atoms with E-state index in [-0.39, 0.29) is 0 Å². The SMILES string of the molecule is CSc1ccc(Oc2ccc(CNC3CC3)cc2C)cc1. The monoisotopic (exact) mass is 299 g/mol. The van der Waals surface area contributed by atoms with E-state index in [1.165, 1.54) is 28.9 Å². The summed E-state index contributed by atoms with van der Waals surface area (Å²) in [5.74, 6) is 1.82. The lowest BCUT2D eigenvalue weighted by Crippen LogP contribution is -2.15. The molecular formula is C18H21NOS. The van der Waals surface area contributed by atoms with Crippen molar-refractivity contribution in [1.82, 2.24) is 5.32 Å². The molecule has 0 aromatic heterocycles. The summed E-state index contributed by atoms with van der Waals surface area (Å²) in [6, 6.07) is 15.4. The van der Waals surface area contributed by atoms with Crippen molar-refractivity contribution in [3.63, 3.8) is 0 Å². The molecule has 3 rings (SSSR count). The zero-order valence-corrected chi connectivity index (χ0v) is 13.4. The fourth-order valence-corrected chi connectivity index (χ4v) is 2.66. The first-order chi connectivity index (χ1) is 10.2. The number of thioether (sulfide) groups is 1. The van der Waals surface area contributed by atoms with Crippen LogP contribution in [0.3, 0.4) is 0 Å². The van der Waals surface area contributed by atoms with E-state index in [0.717, 1.165) is 24.1 Å². The number of hydrogen-bond donors (Lipinski definition) is 1. The first-order valence-corrected chi connectivity index (χ1v) is 8.62. The van der Waals surface area contributed by atoms with Crippen LogP contribution in [0.15, 0.2) is 47.4 Å². The van der Waals surface area contributed by atoms with E-state index in [1.54, 1.807) is 11.8 Å². The molecule has 1 aliphatic rings. The van der Waals surface area contributed by atoms with Crippen LogP contribution in [-0.4, -0.2) is 12.3 Å². The summed E-state index contributed by atoms with van der Waals surface area (Å²) in [7, 11) is 0. The quantitative estimate of drug-likeness (QED) is 0.777. The number of benzene rings is 2. The maximum atomic E-state index is 5.97. The molecule has 0 atom stereocenters. The van der Waals surface area contributed by atoms with Crippen LogP contribution in [0.25, 0.3) is 0 Å². The molecule has 3 heteroatoms. The number of nitrogens with one attached hydrogen (secondary N) is 1. The Labute approximate surface area is 130 Å². The number of rotatable bonds is 6. The molecule has 1 aliphatic carbocycles. The van der Waals surface area contributed by atoms with Gasteiger partial charge in [0, 0.05) is 17.5 Å². The third-order valence-electron chi connectivity index (χ3n) is 3.70. The summed E-state index contributed by atoms with van der Waals surface area (Å²) >= 11 is 1.74. The molecule has 0 amide bonds. The van der Waals surface area contributed by atoms with E-state index in [9.17, 15) is 0 Å². The second-order valence-electron chi connectivity index (χ2n) is 5.53. The van der Waals surface area contributed by atoms with Gasteiger partial charge in [-0.25, -0.2) is 0 Å². The van der Waals surface area contributed by atoms with Crippen molar-refractivity contribution in [2.75, 3.05) is 6.26 Å². The van der Waals surface area contributed by atoms with Gasteiger partial charge >= 0.3 is 0 Å². The Kier molecular flexibility index (Phi) is 4.51. The second-order valence-corrected chi connectivity index (χ2v) is 6.41. The Morgan fingerprint density at radius 1 is 1.14 bits per heavy atom. The summed E-state index contributed by atoms with van der Waals surface area (Å²) in [5, 5.41) is 3.54. The van der Waals surface area contributed by atoms with Crippen LogP contribution in [0.4, 0.5) is 0 Å². The fourth-order valence-electron chi connectivity index (χ4n) is 2.26. The summed E-state index contributed by atoms with van der Waals surface area (Å²) in [6.45, 7) is 3.06. The number of hydrogen-bond acceptors (Lipinski definition) is 3. The van der Waals surface area contributed by atoms with Crippen molar-refractivity contribution in [1.29, 1.82) is 0 Å². The molecule has 2 aromatic rings. The van der Waals surface area contributed by atoms with Crippen LogP contribution in [0.2, 0.25) is 0 Å². The normalized spacial score (nSPS) is 14.2. The lowest BCUT2D eigenvalue weighted by molar-refractivity contribution is 0.478. The summed E-state index contributed by atoms with van der Waals surface area (Å²) < 4.78 is 5.97. The maximum absolute atomic E-state index is 5.97. The molecule has 0 radical (unpaired) electrons. The lowest BCUT2D eigenvalue weighted by Gasteiger charge is -2.11. The average molecular weight is 299 g/mol. The molecule has 110 valence electrons. The van der Waals surface area contributed by atoms with Gasteiger partial charge in [0.15, 0.2) is 0 Å². The molecule has 2 nitrogen and oxygen atoms in total. The van der Waals surface area contributed by atoms with Crippen LogP contribution >= 0.6 is 11.8 Å². The van der Waals surface area contributed by atoms with Crippen LogP contribution in [-0.2, 0) is 6.54 Å². The summed E-state index contributed by atoms with van der Waals surface area (Å²) in [5.41, 5.74) is 2.50. The molecule has 1 fully saturated rings. The molecular weight excluding hydrogens is 278 g/mol. The van der Waals surface area contributed by atoms with Gasteiger partial charge in [0.25, 0.3) is 0 Å². The molecule has 1 saturated carbocycles. The zero-order chi connectivity index (χ0) is 14.7. The smallest absolute Gasteiger partial charge is 0.130 e. The standard InChI is InChI=1S/C18H21NOS/c1-13-11-14(12-19-15-4-5-15)3-10-18(13)20-16-6-8-17(21-2)9-7-16/h3,6-11,15,19H,4-5,12H2,1-2H3. The van der Waals surface area contributed by atoms with Gasteiger partial charge in [-0.2, -0.15) is 0 Å². The average Bonchev–Trinajstić information content (AvgIpc) is 3.33. The van der Waals surface area contributed by atoms with Gasteiger partial charge in [-0.05, 0) is 67.5 Å². The van der Waals surface area contributed by atoms with Gasteiger partial charge < -0.3 is 10.1 Å². The Morgan fingerprint density at radius 2 is 1.90 bits per heavy atom. The first kappa shape index (κ1) is 14.5. The first-order valence-electron chi connectivity index (χ1n) is 7.39. The highest BCUT2D eigenvalue weighted by atomic mass is 32.2. The molecule has 0 spiro atoms. The molecule has 0 aliphatic heterocycles. The van der Waals surface area contributed by atoms with Gasteiger partial charge in [0.1, 0.15) is 11.5 Å². The number of aryl methyl sites for hydroxylation is 1. The summed E-state index contributed by atoms with van der Waals surface area (Å²) in [6.07, 6.45) is 4.73. The van der Waals surface area contributed by atoms with Gasteiger partial charge in [0.05, 0.1) is 0 Å². The predicted octanol–water partition coefficient (Wildman–Crippen LogP) is 4.76. The lowest BCUT2D eigenvalue weighted by atomic mass is 10.1. The largest absolute Gasteiger partial charge is 0.457 e. The topological polar surface area (TPSA) is 21.3 Å². The Balaban J connectivity index is 1.66. The minimum absolute atomic E-state index is 0.746. The van der Waals surface area contributed by atoms with Crippen molar-refractivity contribution in [3.8, 4) is 11.5 Å². The predicted molar refractivity (Wildman–Crippen MR) is 89.3 cm³/mol. The molecule has 0 bridgehead atoms. The Hall–Kier alpha value is -1.45. The second kappa shape index (κ2) is 6.54. The van der Waals surface area contributed by atoms with Gasteiger partial charge in [-0.15, -0.1) is 11.8 Å². The van der Waals surface area contributed by atoms with Gasteiger partial charge in [-0.3, -0.25) is 0 Å². The van der Waals surface area contributed by atoms with E-state index < -0.39 is 0 Å². The third-order valence-corrected chi connectivity index (χ3v) is 4.44. The zero-order valence-electron chi connectivity index (χ0n) is 12.6. The molecule has 1 N–H and O–H groups in total. The van der Waals surface area contributed by atoms with Gasteiger partial charge in [0.2, 0.25) is 0 Å². The van der Waals surface area contributed by atoms with Crippen LogP contribution in [0.5, 0.6) is 11.5 Å². The van der Waals surface area contributed by atoms with Crippen molar-refractivity contribution >= 4 is 11.8 Å². The van der Waals surface area contributed by atoms with Crippen molar-refractivity contribution < 1.29 is 4.74 Å². The minimum Gasteiger partial charge on any atom is -0.457 e. The minimum atomic E-state index is 0.746. The van der Waals surface area contributed by atoms with Crippen LogP contribution in [0, 0.1) is 6.92 Å². The highest BCUT2D eigenvalue weighted by molar-refractivity contribution is 7.98. The third kappa shape index (κ3) is 4.02. The molecule has 21 heavy (non-hydrogen) atoms. The summed E-state index contributed by atoms with van der Waals surface area (Å²) in [4.78, 5) is 1.25. The van der Waals surface area contributed by atoms with Crippen molar-refractivity contribution in [2.24, 2.45) is 0 Å². The highest BCUT2D eigenvalue weighted by Crippen LogP contribution is 2.28. The van der Waals surface area contributed by atoms with E-state index in [1.807, 2.05) is 12.1 Å². The van der Waals surface area contributed by atoms with E-state index >= 15 is 0 Å².